The number of anilines is 1. The molecule has 11 nitrogen and oxygen atoms in total. The van der Waals surface area contributed by atoms with E-state index < -0.39 is 34.3 Å². The van der Waals surface area contributed by atoms with E-state index in [9.17, 15) is 19.8 Å². The number of nitrogens with zero attached hydrogens (tertiary/aromatic N) is 2. The predicted octanol–water partition coefficient (Wildman–Crippen LogP) is 3.87. The highest BCUT2D eigenvalue weighted by atomic mass is 16.6. The minimum absolute atomic E-state index is 0.0705. The molecular formula is C40H51N3O8. The zero-order valence-corrected chi connectivity index (χ0v) is 30.2. The molecule has 1 saturated heterocycles. The number of hydrogen-bond acceptors (Lipinski definition) is 10. The second kappa shape index (κ2) is 12.5. The lowest BCUT2D eigenvalue weighted by atomic mass is 9.44. The molecule has 6 aliphatic rings. The van der Waals surface area contributed by atoms with Crippen LogP contribution in [0.25, 0.3) is 6.08 Å². The van der Waals surface area contributed by atoms with Gasteiger partial charge in [0.05, 0.1) is 29.6 Å². The number of ether oxygens (including phenoxy) is 4. The average molecular weight is 702 g/mol. The molecule has 6 fully saturated rings. The van der Waals surface area contributed by atoms with Crippen molar-refractivity contribution in [1.82, 2.24) is 9.88 Å². The van der Waals surface area contributed by atoms with Gasteiger partial charge in [0, 0.05) is 87.4 Å². The number of aliphatic hydroxyl groups is 2. The van der Waals surface area contributed by atoms with Gasteiger partial charge in [-0.05, 0) is 74.6 Å². The second-order valence-corrected chi connectivity index (χ2v) is 15.8. The molecule has 1 spiro atoms. The lowest BCUT2D eigenvalue weighted by Crippen LogP contribution is -2.83. The molecule has 7 bridgehead atoms. The first-order valence-electron chi connectivity index (χ1n) is 18.6. The SMILES string of the molecule is CCc1cc(/C=C/C(=O)Nc2ccccc2C(=O)O[C@@]23CC[C@H](OC)[C@]45C([C@@H](C[C@H]24)[C@@]2(O)C[C@H](OC)[C@H]4C[C@@H]5[C@]2(O)[C@H]4OC)N(CC)C3)ccn1. The third kappa shape index (κ3) is 4.61. The number of nitrogens with one attached hydrogen (secondary N) is 1. The van der Waals surface area contributed by atoms with Gasteiger partial charge in [-0.15, -0.1) is 0 Å². The number of piperidine rings is 1. The van der Waals surface area contributed by atoms with Gasteiger partial charge < -0.3 is 34.5 Å². The van der Waals surface area contributed by atoms with E-state index in [1.54, 1.807) is 57.9 Å². The number of carbonyl (C=O) groups excluding carboxylic acids is 2. The number of amides is 1. The van der Waals surface area contributed by atoms with Crippen molar-refractivity contribution in [2.45, 2.75) is 93.5 Å². The van der Waals surface area contributed by atoms with Gasteiger partial charge in [-0.25, -0.2) is 4.79 Å². The number of carbonyl (C=O) groups is 2. The molecule has 1 aliphatic heterocycles. The van der Waals surface area contributed by atoms with Crippen molar-refractivity contribution in [3.05, 3.63) is 65.5 Å². The summed E-state index contributed by atoms with van der Waals surface area (Å²) in [6.45, 7) is 5.35. The Kier molecular flexibility index (Phi) is 8.52. The van der Waals surface area contributed by atoms with Gasteiger partial charge in [0.2, 0.25) is 5.91 Å². The Morgan fingerprint density at radius 2 is 1.86 bits per heavy atom. The molecule has 3 N–H and O–H groups in total. The minimum Gasteiger partial charge on any atom is -0.454 e. The fraction of sp³-hybridized carbons (Fsp3) is 0.625. The van der Waals surface area contributed by atoms with Crippen LogP contribution in [0.3, 0.4) is 0 Å². The van der Waals surface area contributed by atoms with Gasteiger partial charge in [-0.1, -0.05) is 26.0 Å². The van der Waals surface area contributed by atoms with Gasteiger partial charge in [0.25, 0.3) is 0 Å². The van der Waals surface area contributed by atoms with Gasteiger partial charge >= 0.3 is 5.97 Å². The molecule has 1 aromatic carbocycles. The van der Waals surface area contributed by atoms with E-state index in [1.165, 1.54) is 6.08 Å². The second-order valence-electron chi connectivity index (χ2n) is 15.8. The van der Waals surface area contributed by atoms with Crippen molar-refractivity contribution in [2.24, 2.45) is 29.1 Å². The zero-order valence-electron chi connectivity index (χ0n) is 30.2. The number of pyridine rings is 1. The molecule has 2 heterocycles. The van der Waals surface area contributed by atoms with Crippen molar-refractivity contribution in [3.8, 4) is 0 Å². The zero-order chi connectivity index (χ0) is 35.9. The molecule has 274 valence electrons. The Balaban J connectivity index is 1.14. The summed E-state index contributed by atoms with van der Waals surface area (Å²) in [5.41, 5.74) is -2.00. The topological polar surface area (TPSA) is 140 Å². The molecule has 0 radical (unpaired) electrons. The molecule has 8 rings (SSSR count). The highest BCUT2D eigenvalue weighted by molar-refractivity contribution is 6.06. The Morgan fingerprint density at radius 1 is 1.06 bits per heavy atom. The summed E-state index contributed by atoms with van der Waals surface area (Å²) in [5.74, 6) is -1.78. The van der Waals surface area contributed by atoms with Crippen LogP contribution in [-0.2, 0) is 30.2 Å². The fourth-order valence-electron chi connectivity index (χ4n) is 12.6. The molecular weight excluding hydrogens is 650 g/mol. The van der Waals surface area contributed by atoms with Crippen molar-refractivity contribution in [2.75, 3.05) is 39.7 Å². The summed E-state index contributed by atoms with van der Waals surface area (Å²) >= 11 is 0. The number of esters is 1. The van der Waals surface area contributed by atoms with Crippen LogP contribution in [0.1, 0.15) is 67.6 Å². The minimum atomic E-state index is -1.50. The quantitative estimate of drug-likeness (QED) is 0.247. The van der Waals surface area contributed by atoms with Crippen molar-refractivity contribution >= 4 is 23.6 Å². The maximum atomic E-state index is 14.4. The summed E-state index contributed by atoms with van der Waals surface area (Å²) in [4.78, 5) is 34.3. The van der Waals surface area contributed by atoms with Gasteiger partial charge in [-0.2, -0.15) is 0 Å². The smallest absolute Gasteiger partial charge is 0.340 e. The molecule has 5 aliphatic carbocycles. The monoisotopic (exact) mass is 701 g/mol. The number of hydrogen-bond donors (Lipinski definition) is 3. The molecule has 5 saturated carbocycles. The fourth-order valence-corrected chi connectivity index (χ4v) is 12.6. The number of methoxy groups -OCH3 is 3. The molecule has 12 atom stereocenters. The van der Waals surface area contributed by atoms with E-state index in [4.69, 9.17) is 18.9 Å². The number of aromatic nitrogens is 1. The van der Waals surface area contributed by atoms with E-state index in [0.717, 1.165) is 17.7 Å². The number of para-hydroxylation sites is 1. The van der Waals surface area contributed by atoms with E-state index in [-0.39, 0.29) is 53.4 Å². The molecule has 1 aromatic heterocycles. The number of rotatable bonds is 10. The van der Waals surface area contributed by atoms with E-state index >= 15 is 0 Å². The molecule has 11 heteroatoms. The van der Waals surface area contributed by atoms with E-state index in [2.05, 4.69) is 22.1 Å². The third-order valence-electron chi connectivity index (χ3n) is 14.2. The number of fused-ring (bicyclic) bond motifs is 2. The lowest BCUT2D eigenvalue weighted by Gasteiger charge is -2.70. The number of likely N-dealkylation sites (N-methyl/N-ethyl adjacent to an activating group) is 1. The predicted molar refractivity (Wildman–Crippen MR) is 189 cm³/mol. The summed E-state index contributed by atoms with van der Waals surface area (Å²) < 4.78 is 25.3. The average Bonchev–Trinajstić information content (AvgIpc) is 3.57. The summed E-state index contributed by atoms with van der Waals surface area (Å²) in [7, 11) is 5.06. The largest absolute Gasteiger partial charge is 0.454 e. The maximum absolute atomic E-state index is 14.4. The van der Waals surface area contributed by atoms with E-state index in [0.29, 0.717) is 50.9 Å². The van der Waals surface area contributed by atoms with Crippen LogP contribution in [0, 0.1) is 29.1 Å². The Labute approximate surface area is 299 Å². The summed E-state index contributed by atoms with van der Waals surface area (Å²) in [6, 6.07) is 10.7. The van der Waals surface area contributed by atoms with E-state index in [1.807, 2.05) is 19.1 Å². The van der Waals surface area contributed by atoms with Crippen LogP contribution in [0.2, 0.25) is 0 Å². The number of aryl methyl sites for hydroxylation is 1. The van der Waals surface area contributed by atoms with Crippen LogP contribution in [-0.4, -0.2) is 108 Å². The number of likely N-dealkylation sites (tertiary alicyclic amines) is 1. The van der Waals surface area contributed by atoms with Crippen molar-refractivity contribution < 1.29 is 38.7 Å². The van der Waals surface area contributed by atoms with Crippen LogP contribution in [0.4, 0.5) is 5.69 Å². The van der Waals surface area contributed by atoms with Crippen molar-refractivity contribution in [3.63, 3.8) is 0 Å². The van der Waals surface area contributed by atoms with Gasteiger partial charge in [0.15, 0.2) is 0 Å². The van der Waals surface area contributed by atoms with Crippen LogP contribution >= 0.6 is 0 Å². The molecule has 51 heavy (non-hydrogen) atoms. The first-order chi connectivity index (χ1) is 24.6. The summed E-state index contributed by atoms with van der Waals surface area (Å²) in [6.07, 6.45) is 7.43. The highest BCUT2D eigenvalue weighted by Crippen LogP contribution is 2.79. The molecule has 1 unspecified atom stereocenters. The first kappa shape index (κ1) is 34.9. The maximum Gasteiger partial charge on any atom is 0.340 e. The Hall–Kier alpha value is -3.19. The lowest BCUT2D eigenvalue weighted by molar-refractivity contribution is -0.337. The first-order valence-corrected chi connectivity index (χ1v) is 18.6. The summed E-state index contributed by atoms with van der Waals surface area (Å²) in [5, 5.41) is 28.8. The normalized spacial score (nSPS) is 41.9. The van der Waals surface area contributed by atoms with Crippen molar-refractivity contribution in [1.29, 1.82) is 0 Å². The Morgan fingerprint density at radius 3 is 2.59 bits per heavy atom. The standard InChI is InChI=1S/C40H51N3O8/c1-6-24-18-23(15-17-41-24)12-13-33(44)42-28-11-9-8-10-25(28)36(45)51-37-16-14-32(49-4)39-30(37)20-27(34(39)43(7-2)22-37)38(46)21-29(48-3)26-19-31(39)40(38,47)35(26)50-5/h8-13,15,17-18,26-27,29-32,34-35,46-47H,6-7,14,16,19-22H2,1-5H3,(H,42,44)/b13-12+/t26-,27-,29+,30-,31+,32+,34?,35+,37-,38+,39+,40+/m1/s1. The van der Waals surface area contributed by atoms with Gasteiger partial charge in [-0.3, -0.25) is 14.7 Å². The molecule has 2 aromatic rings. The Bertz CT molecular complexity index is 1740. The highest BCUT2D eigenvalue weighted by Gasteiger charge is 2.89. The van der Waals surface area contributed by atoms with Crippen LogP contribution in [0.15, 0.2) is 48.7 Å². The number of benzene rings is 1. The van der Waals surface area contributed by atoms with Gasteiger partial charge in [0.1, 0.15) is 16.8 Å². The van der Waals surface area contributed by atoms with Crippen LogP contribution < -0.4 is 5.32 Å². The molecule has 1 amide bonds. The third-order valence-corrected chi connectivity index (χ3v) is 14.2. The van der Waals surface area contributed by atoms with Crippen LogP contribution in [0.5, 0.6) is 0 Å².